The van der Waals surface area contributed by atoms with Crippen LogP contribution in [0.5, 0.6) is 0 Å². The Kier molecular flexibility index (Phi) is 6.05. The van der Waals surface area contributed by atoms with E-state index in [0.717, 1.165) is 12.3 Å². The van der Waals surface area contributed by atoms with Crippen LogP contribution in [0.3, 0.4) is 0 Å². The maximum atomic E-state index is 12.8. The zero-order valence-corrected chi connectivity index (χ0v) is 17.7. The lowest BCUT2D eigenvalue weighted by atomic mass is 9.96. The lowest BCUT2D eigenvalue weighted by Crippen LogP contribution is -2.50. The molecule has 3 N–H and O–H groups in total. The molecule has 1 saturated heterocycles. The van der Waals surface area contributed by atoms with E-state index in [4.69, 9.17) is 17.0 Å². The molecule has 1 amide bonds. The predicted octanol–water partition coefficient (Wildman–Crippen LogP) is 1.00. The topological polar surface area (TPSA) is 99.8 Å². The van der Waals surface area contributed by atoms with Crippen LogP contribution in [-0.4, -0.2) is 56.1 Å². The molecule has 2 aliphatic carbocycles. The van der Waals surface area contributed by atoms with Crippen molar-refractivity contribution in [2.24, 2.45) is 11.8 Å². The number of amides is 1. The first kappa shape index (κ1) is 20.5. The van der Waals surface area contributed by atoms with Gasteiger partial charge in [-0.05, 0) is 61.5 Å². The van der Waals surface area contributed by atoms with Crippen molar-refractivity contribution in [3.8, 4) is 0 Å². The van der Waals surface area contributed by atoms with E-state index in [1.54, 1.807) is 12.1 Å². The quantitative estimate of drug-likeness (QED) is 0.476. The molecule has 3 atom stereocenters. The lowest BCUT2D eigenvalue weighted by Gasteiger charge is -2.26. The van der Waals surface area contributed by atoms with Crippen molar-refractivity contribution in [3.63, 3.8) is 0 Å². The Morgan fingerprint density at radius 2 is 1.93 bits per heavy atom. The number of hydrogen-bond donors (Lipinski definition) is 3. The van der Waals surface area contributed by atoms with Crippen molar-refractivity contribution in [2.75, 3.05) is 26.3 Å². The first-order chi connectivity index (χ1) is 13.9. The molecule has 4 rings (SSSR count). The van der Waals surface area contributed by atoms with Gasteiger partial charge >= 0.3 is 0 Å². The van der Waals surface area contributed by atoms with Crippen molar-refractivity contribution in [1.82, 2.24) is 20.5 Å². The van der Waals surface area contributed by atoms with Gasteiger partial charge in [0.1, 0.15) is 0 Å². The van der Waals surface area contributed by atoms with Crippen molar-refractivity contribution in [3.05, 3.63) is 29.8 Å². The minimum Gasteiger partial charge on any atom is -0.379 e. The molecule has 2 bridgehead atoms. The third kappa shape index (κ3) is 4.55. The van der Waals surface area contributed by atoms with Gasteiger partial charge in [0.2, 0.25) is 10.0 Å². The number of nitrogens with one attached hydrogen (secondary N) is 3. The number of sulfonamides is 1. The van der Waals surface area contributed by atoms with Crippen molar-refractivity contribution >= 4 is 33.3 Å². The molecule has 1 aliphatic heterocycles. The molecular weight excluding hydrogens is 412 g/mol. The molecule has 29 heavy (non-hydrogen) atoms. The second kappa shape index (κ2) is 8.55. The Hall–Kier alpha value is -1.75. The van der Waals surface area contributed by atoms with Gasteiger partial charge in [0.05, 0.1) is 18.1 Å². The highest BCUT2D eigenvalue weighted by Crippen LogP contribution is 2.44. The van der Waals surface area contributed by atoms with Crippen LogP contribution in [0.15, 0.2) is 29.2 Å². The number of thiocarbonyl (C=S) groups is 1. The lowest BCUT2D eigenvalue weighted by molar-refractivity contribution is 0.0730. The summed E-state index contributed by atoms with van der Waals surface area (Å²) in [6.07, 6.45) is 4.93. The Bertz CT molecular complexity index is 886. The number of ether oxygens (including phenoxy) is 1. The van der Waals surface area contributed by atoms with Crippen LogP contribution < -0.4 is 16.2 Å². The van der Waals surface area contributed by atoms with Crippen LogP contribution in [0.2, 0.25) is 0 Å². The Morgan fingerprint density at radius 1 is 1.14 bits per heavy atom. The summed E-state index contributed by atoms with van der Waals surface area (Å²) in [6, 6.07) is 6.38. The number of rotatable bonds is 4. The molecule has 3 aliphatic rings. The molecule has 3 fully saturated rings. The second-order valence-electron chi connectivity index (χ2n) is 7.88. The Morgan fingerprint density at radius 3 is 2.62 bits per heavy atom. The minimum absolute atomic E-state index is 0.0923. The van der Waals surface area contributed by atoms with Gasteiger partial charge in [-0.25, -0.2) is 8.42 Å². The highest BCUT2D eigenvalue weighted by molar-refractivity contribution is 7.89. The van der Waals surface area contributed by atoms with Crippen LogP contribution in [0.1, 0.15) is 36.0 Å². The molecule has 0 aromatic heterocycles. The van der Waals surface area contributed by atoms with E-state index < -0.39 is 15.9 Å². The number of nitrogens with zero attached hydrogens (tertiary/aromatic N) is 1. The molecule has 0 unspecified atom stereocenters. The van der Waals surface area contributed by atoms with Crippen molar-refractivity contribution in [2.45, 2.75) is 36.6 Å². The standard InChI is InChI=1S/C19H26N4O4S2/c24-18(21-22-19(28)20-17-11-13-4-5-14(17)10-13)15-2-1-3-16(12-15)29(25,26)23-6-8-27-9-7-23/h1-3,12-14,17H,4-11H2,(H,21,24)(H2,20,22,28)/t13-,14-,17+/m1/s1. The van der Waals surface area contributed by atoms with E-state index in [9.17, 15) is 13.2 Å². The molecule has 0 spiro atoms. The fourth-order valence-electron chi connectivity index (χ4n) is 4.55. The zero-order chi connectivity index (χ0) is 20.4. The van der Waals surface area contributed by atoms with Gasteiger partial charge in [0.15, 0.2) is 5.11 Å². The van der Waals surface area contributed by atoms with Gasteiger partial charge in [-0.1, -0.05) is 12.5 Å². The summed E-state index contributed by atoms with van der Waals surface area (Å²) in [5.74, 6) is 1.02. The van der Waals surface area contributed by atoms with Crippen LogP contribution in [0, 0.1) is 11.8 Å². The SMILES string of the molecule is O=C(NNC(=S)N[C@H]1C[C@@H]2CC[C@@H]1C2)c1cccc(S(=O)(=O)N2CCOCC2)c1. The highest BCUT2D eigenvalue weighted by Gasteiger charge is 2.39. The monoisotopic (exact) mass is 438 g/mol. The van der Waals surface area contributed by atoms with E-state index in [1.165, 1.54) is 35.7 Å². The maximum absolute atomic E-state index is 12.8. The molecular formula is C19H26N4O4S2. The first-order valence-corrected chi connectivity index (χ1v) is 11.8. The summed E-state index contributed by atoms with van der Waals surface area (Å²) in [4.78, 5) is 12.6. The van der Waals surface area contributed by atoms with Crippen molar-refractivity contribution in [1.29, 1.82) is 0 Å². The fourth-order valence-corrected chi connectivity index (χ4v) is 6.20. The van der Waals surface area contributed by atoms with E-state index in [0.29, 0.717) is 43.4 Å². The van der Waals surface area contributed by atoms with E-state index in [1.807, 2.05) is 0 Å². The third-order valence-electron chi connectivity index (χ3n) is 6.05. The maximum Gasteiger partial charge on any atom is 0.269 e. The van der Waals surface area contributed by atoms with E-state index in [-0.39, 0.29) is 10.5 Å². The number of fused-ring (bicyclic) bond motifs is 2. The number of carbonyl (C=O) groups is 1. The normalized spacial score (nSPS) is 26.8. The van der Waals surface area contributed by atoms with Gasteiger partial charge in [-0.3, -0.25) is 15.6 Å². The molecule has 158 valence electrons. The smallest absolute Gasteiger partial charge is 0.269 e. The second-order valence-corrected chi connectivity index (χ2v) is 10.2. The number of morpholine rings is 1. The zero-order valence-electron chi connectivity index (χ0n) is 16.1. The van der Waals surface area contributed by atoms with Gasteiger partial charge in [0, 0.05) is 24.7 Å². The molecule has 1 aromatic carbocycles. The molecule has 2 saturated carbocycles. The number of carbonyl (C=O) groups excluding carboxylic acids is 1. The predicted molar refractivity (Wildman–Crippen MR) is 112 cm³/mol. The molecule has 1 aromatic rings. The van der Waals surface area contributed by atoms with Crippen LogP contribution in [0.25, 0.3) is 0 Å². The number of benzene rings is 1. The highest BCUT2D eigenvalue weighted by atomic mass is 32.2. The minimum atomic E-state index is -3.66. The average Bonchev–Trinajstić information content (AvgIpc) is 3.36. The largest absolute Gasteiger partial charge is 0.379 e. The van der Waals surface area contributed by atoms with Gasteiger partial charge < -0.3 is 10.1 Å². The molecule has 1 heterocycles. The van der Waals surface area contributed by atoms with E-state index >= 15 is 0 Å². The summed E-state index contributed by atoms with van der Waals surface area (Å²) in [5.41, 5.74) is 5.53. The third-order valence-corrected chi connectivity index (χ3v) is 8.16. The van der Waals surface area contributed by atoms with Crippen molar-refractivity contribution < 1.29 is 17.9 Å². The average molecular weight is 439 g/mol. The summed E-state index contributed by atoms with van der Waals surface area (Å²) >= 11 is 5.29. The Balaban J connectivity index is 1.34. The van der Waals surface area contributed by atoms with Crippen LogP contribution in [-0.2, 0) is 14.8 Å². The molecule has 0 radical (unpaired) electrons. The van der Waals surface area contributed by atoms with Crippen LogP contribution >= 0.6 is 12.2 Å². The Labute approximate surface area is 176 Å². The number of hydrazine groups is 1. The van der Waals surface area contributed by atoms with Gasteiger partial charge in [-0.2, -0.15) is 4.31 Å². The van der Waals surface area contributed by atoms with Crippen LogP contribution in [0.4, 0.5) is 0 Å². The van der Waals surface area contributed by atoms with Gasteiger partial charge in [-0.15, -0.1) is 0 Å². The summed E-state index contributed by atoms with van der Waals surface area (Å²) in [6.45, 7) is 1.36. The molecule has 8 nitrogen and oxygen atoms in total. The summed E-state index contributed by atoms with van der Waals surface area (Å²) in [7, 11) is -3.66. The molecule has 10 heteroatoms. The summed E-state index contributed by atoms with van der Waals surface area (Å²) < 4.78 is 32.1. The first-order valence-electron chi connectivity index (χ1n) is 9.98. The number of hydrogen-bond acceptors (Lipinski definition) is 5. The fraction of sp³-hybridized carbons (Fsp3) is 0.579. The van der Waals surface area contributed by atoms with Gasteiger partial charge in [0.25, 0.3) is 5.91 Å². The van der Waals surface area contributed by atoms with E-state index in [2.05, 4.69) is 16.2 Å². The summed E-state index contributed by atoms with van der Waals surface area (Å²) in [5, 5.41) is 3.67.